The standard InChI is InChI=1S/C35H44FN7O5/c1-35(2,3)31-24(5-7-28(25(31)17-37)48-29-12-16-42(34(44)45)18-26(29)36)27-11-15-39-33(40-27)41-30-8-6-23(21-9-13-38-14-10-21)32(46-4)43(30)22-19-47-20-22/h5-8,11,15,21-22,26,29-30,38H,9-10,12-14,16,18-20H2,1-4H3,(H,44,45)(H,39,40,41)/t26-,29-,30?/m0/s1. The van der Waals surface area contributed by atoms with Gasteiger partial charge in [-0.15, -0.1) is 0 Å². The molecule has 0 bridgehead atoms. The third-order valence-electron chi connectivity index (χ3n) is 9.49. The minimum Gasteiger partial charge on any atom is -0.486 e. The summed E-state index contributed by atoms with van der Waals surface area (Å²) in [5.74, 6) is 1.94. The number of amides is 1. The first-order valence-corrected chi connectivity index (χ1v) is 16.6. The number of allylic oxidation sites excluding steroid dienone is 2. The Balaban J connectivity index is 1.29. The highest BCUT2D eigenvalue weighted by Crippen LogP contribution is 2.40. The first-order valence-electron chi connectivity index (χ1n) is 16.6. The van der Waals surface area contributed by atoms with Gasteiger partial charge in [-0.05, 0) is 67.1 Å². The summed E-state index contributed by atoms with van der Waals surface area (Å²) in [7, 11) is 1.72. The van der Waals surface area contributed by atoms with E-state index < -0.39 is 23.8 Å². The quantitative estimate of drug-likeness (QED) is 0.364. The molecule has 1 amide bonds. The zero-order valence-electron chi connectivity index (χ0n) is 27.9. The van der Waals surface area contributed by atoms with Gasteiger partial charge in [0.25, 0.3) is 0 Å². The number of hydrogen-bond donors (Lipinski definition) is 3. The second-order valence-electron chi connectivity index (χ2n) is 13.7. The maximum atomic E-state index is 15.0. The number of piperidine rings is 2. The van der Waals surface area contributed by atoms with E-state index in [0.29, 0.717) is 41.9 Å². The van der Waals surface area contributed by atoms with E-state index in [1.165, 1.54) is 5.57 Å². The summed E-state index contributed by atoms with van der Waals surface area (Å²) < 4.78 is 32.7. The summed E-state index contributed by atoms with van der Waals surface area (Å²) in [5.41, 5.74) is 3.07. The van der Waals surface area contributed by atoms with E-state index in [-0.39, 0.29) is 37.5 Å². The summed E-state index contributed by atoms with van der Waals surface area (Å²) in [5, 5.41) is 26.6. The number of alkyl halides is 1. The number of hydrogen-bond acceptors (Lipinski definition) is 10. The molecule has 2 aromatic rings. The van der Waals surface area contributed by atoms with Crippen LogP contribution in [0.5, 0.6) is 5.75 Å². The number of rotatable bonds is 8. The van der Waals surface area contributed by atoms with Crippen LogP contribution < -0.4 is 15.4 Å². The average molecular weight is 662 g/mol. The Morgan fingerprint density at radius 1 is 1.21 bits per heavy atom. The Hall–Kier alpha value is -4.41. The Kier molecular flexibility index (Phi) is 9.75. The number of nitrogens with one attached hydrogen (secondary N) is 2. The van der Waals surface area contributed by atoms with E-state index in [4.69, 9.17) is 19.2 Å². The fourth-order valence-corrected chi connectivity index (χ4v) is 7.04. The molecular weight excluding hydrogens is 617 g/mol. The van der Waals surface area contributed by atoms with E-state index in [1.807, 2.05) is 26.8 Å². The molecule has 48 heavy (non-hydrogen) atoms. The smallest absolute Gasteiger partial charge is 0.407 e. The van der Waals surface area contributed by atoms with E-state index in [2.05, 4.69) is 38.7 Å². The van der Waals surface area contributed by atoms with Crippen LogP contribution in [0.1, 0.15) is 51.2 Å². The van der Waals surface area contributed by atoms with Crippen LogP contribution in [-0.2, 0) is 14.9 Å². The van der Waals surface area contributed by atoms with Gasteiger partial charge in [0.1, 0.15) is 24.1 Å². The van der Waals surface area contributed by atoms with Crippen molar-refractivity contribution < 1.29 is 28.5 Å². The Bertz CT molecular complexity index is 1610. The molecule has 3 fully saturated rings. The molecule has 5 heterocycles. The maximum absolute atomic E-state index is 15.0. The van der Waals surface area contributed by atoms with E-state index in [9.17, 15) is 19.6 Å². The van der Waals surface area contributed by atoms with Crippen molar-refractivity contribution in [1.82, 2.24) is 25.1 Å². The predicted octanol–water partition coefficient (Wildman–Crippen LogP) is 4.65. The van der Waals surface area contributed by atoms with Gasteiger partial charge in [0, 0.05) is 30.3 Å². The fraction of sp³-hybridized carbons (Fsp3) is 0.543. The average Bonchev–Trinajstić information content (AvgIpc) is 3.05. The van der Waals surface area contributed by atoms with E-state index in [0.717, 1.165) is 42.3 Å². The van der Waals surface area contributed by atoms with Crippen molar-refractivity contribution in [3.8, 4) is 23.1 Å². The minimum atomic E-state index is -1.52. The monoisotopic (exact) mass is 661 g/mol. The molecule has 13 heteroatoms. The number of nitrogens with zero attached hydrogens (tertiary/aromatic N) is 5. The van der Waals surface area contributed by atoms with Crippen molar-refractivity contribution in [3.05, 3.63) is 59.1 Å². The lowest BCUT2D eigenvalue weighted by atomic mass is 9.79. The first kappa shape index (κ1) is 33.5. The van der Waals surface area contributed by atoms with Gasteiger partial charge in [0.15, 0.2) is 12.1 Å². The number of carboxylic acid groups (broad SMARTS) is 1. The van der Waals surface area contributed by atoms with Gasteiger partial charge in [-0.25, -0.2) is 19.2 Å². The maximum Gasteiger partial charge on any atom is 0.407 e. The van der Waals surface area contributed by atoms with E-state index in [1.54, 1.807) is 25.4 Å². The molecule has 3 atom stereocenters. The molecule has 4 aliphatic rings. The molecule has 3 saturated heterocycles. The predicted molar refractivity (Wildman–Crippen MR) is 177 cm³/mol. The topological polar surface area (TPSA) is 145 Å². The zero-order valence-corrected chi connectivity index (χ0v) is 27.9. The molecule has 4 aliphatic heterocycles. The SMILES string of the molecule is COC1=C(C2CCNCC2)C=CC(Nc2nccc(-c3ccc(O[C@H]4CCN(C(=O)O)C[C@@H]4F)c(C#N)c3C(C)(C)C)n2)N1C1COC1. The van der Waals surface area contributed by atoms with Gasteiger partial charge in [-0.2, -0.15) is 5.26 Å². The number of carbonyl (C=O) groups is 1. The number of benzene rings is 1. The Morgan fingerprint density at radius 3 is 2.60 bits per heavy atom. The molecule has 1 unspecified atom stereocenters. The summed E-state index contributed by atoms with van der Waals surface area (Å²) in [6.07, 6.45) is 4.45. The van der Waals surface area contributed by atoms with Crippen molar-refractivity contribution in [2.45, 2.75) is 69.9 Å². The second-order valence-corrected chi connectivity index (χ2v) is 13.7. The van der Waals surface area contributed by atoms with Crippen LogP contribution in [-0.4, -0.2) is 102 Å². The normalized spacial score (nSPS) is 23.8. The van der Waals surface area contributed by atoms with Gasteiger partial charge in [0.2, 0.25) is 5.95 Å². The van der Waals surface area contributed by atoms with Crippen molar-refractivity contribution >= 4 is 12.0 Å². The van der Waals surface area contributed by atoms with Gasteiger partial charge >= 0.3 is 6.09 Å². The molecule has 1 aromatic carbocycles. The van der Waals surface area contributed by atoms with E-state index >= 15 is 0 Å². The van der Waals surface area contributed by atoms with Crippen molar-refractivity contribution in [2.75, 3.05) is 51.8 Å². The van der Waals surface area contributed by atoms with Crippen molar-refractivity contribution in [3.63, 3.8) is 0 Å². The number of likely N-dealkylation sites (tertiary alicyclic amines) is 1. The summed E-state index contributed by atoms with van der Waals surface area (Å²) in [6, 6.07) is 7.77. The zero-order chi connectivity index (χ0) is 34.0. The molecule has 6 rings (SSSR count). The molecule has 0 saturated carbocycles. The van der Waals surface area contributed by atoms with Crippen LogP contribution in [0.25, 0.3) is 11.3 Å². The lowest BCUT2D eigenvalue weighted by Crippen LogP contribution is -2.56. The highest BCUT2D eigenvalue weighted by molar-refractivity contribution is 5.72. The molecule has 1 aromatic heterocycles. The van der Waals surface area contributed by atoms with Gasteiger partial charge in [-0.1, -0.05) is 26.8 Å². The Labute approximate surface area is 280 Å². The number of halogens is 1. The molecule has 12 nitrogen and oxygen atoms in total. The lowest BCUT2D eigenvalue weighted by Gasteiger charge is -2.46. The van der Waals surface area contributed by atoms with Crippen molar-refractivity contribution in [2.24, 2.45) is 5.92 Å². The summed E-state index contributed by atoms with van der Waals surface area (Å²) in [4.78, 5) is 24.1. The van der Waals surface area contributed by atoms with Crippen LogP contribution in [0, 0.1) is 17.2 Å². The van der Waals surface area contributed by atoms with Gasteiger partial charge in [0.05, 0.1) is 44.2 Å². The molecular formula is C35H44FN7O5. The first-order chi connectivity index (χ1) is 23.1. The molecule has 256 valence electrons. The number of nitriles is 1. The van der Waals surface area contributed by atoms with Crippen LogP contribution in [0.4, 0.5) is 15.1 Å². The second kappa shape index (κ2) is 14.0. The fourth-order valence-electron chi connectivity index (χ4n) is 7.04. The van der Waals surface area contributed by atoms with Crippen molar-refractivity contribution in [1.29, 1.82) is 5.26 Å². The summed E-state index contributed by atoms with van der Waals surface area (Å²) in [6.45, 7) is 9.05. The molecule has 0 aliphatic carbocycles. The summed E-state index contributed by atoms with van der Waals surface area (Å²) >= 11 is 0. The molecule has 0 radical (unpaired) electrons. The number of methoxy groups -OCH3 is 1. The third kappa shape index (κ3) is 6.77. The minimum absolute atomic E-state index is 0.140. The van der Waals surface area contributed by atoms with Gasteiger partial charge < -0.3 is 39.8 Å². The van der Waals surface area contributed by atoms with Crippen LogP contribution in [0.15, 0.2) is 48.0 Å². The highest BCUT2D eigenvalue weighted by atomic mass is 19.1. The largest absolute Gasteiger partial charge is 0.486 e. The van der Waals surface area contributed by atoms with Crippen LogP contribution in [0.2, 0.25) is 0 Å². The number of anilines is 1. The lowest BCUT2D eigenvalue weighted by molar-refractivity contribution is -0.0776. The number of aromatic nitrogens is 2. The number of ether oxygens (including phenoxy) is 3. The van der Waals surface area contributed by atoms with Crippen LogP contribution in [0.3, 0.4) is 0 Å². The Morgan fingerprint density at radius 2 is 1.98 bits per heavy atom. The van der Waals surface area contributed by atoms with Crippen LogP contribution >= 0.6 is 0 Å². The van der Waals surface area contributed by atoms with Gasteiger partial charge in [-0.3, -0.25) is 0 Å². The third-order valence-corrected chi connectivity index (χ3v) is 9.49. The molecule has 3 N–H and O–H groups in total. The highest BCUT2D eigenvalue weighted by Gasteiger charge is 2.39. The molecule has 0 spiro atoms.